The van der Waals surface area contributed by atoms with E-state index in [9.17, 15) is 10.1 Å². The lowest BCUT2D eigenvalue weighted by atomic mass is 10.1. The molecule has 0 atom stereocenters. The molecule has 0 aliphatic rings. The highest BCUT2D eigenvalue weighted by atomic mass is 16.6. The Labute approximate surface area is 171 Å². The molecule has 1 aromatic heterocycles. The number of pyridine rings is 1. The minimum atomic E-state index is -0.473. The second-order valence-corrected chi connectivity index (χ2v) is 7.70. The van der Waals surface area contributed by atoms with E-state index in [1.165, 1.54) is 0 Å². The number of nitrogen functional groups attached to an aromatic ring is 1. The fraction of sp³-hybridized carbons (Fsp3) is 0.409. The molecule has 0 saturated carbocycles. The van der Waals surface area contributed by atoms with E-state index >= 15 is 0 Å². The summed E-state index contributed by atoms with van der Waals surface area (Å²) in [5, 5.41) is 12.2. The topological polar surface area (TPSA) is 110 Å². The quantitative estimate of drug-likeness (QED) is 0.536. The van der Waals surface area contributed by atoms with Crippen molar-refractivity contribution in [1.29, 1.82) is 5.26 Å². The molecule has 3 N–H and O–H groups in total. The summed E-state index contributed by atoms with van der Waals surface area (Å²) in [7, 11) is 1.75. The van der Waals surface area contributed by atoms with Gasteiger partial charge in [-0.05, 0) is 63.9 Å². The van der Waals surface area contributed by atoms with Crippen LogP contribution in [-0.2, 0) is 9.53 Å². The van der Waals surface area contributed by atoms with Crippen molar-refractivity contribution in [3.05, 3.63) is 35.5 Å². The van der Waals surface area contributed by atoms with Crippen molar-refractivity contribution < 1.29 is 14.3 Å². The number of aromatic nitrogens is 1. The molecule has 154 valence electrons. The average Bonchev–Trinajstić information content (AvgIpc) is 2.65. The maximum absolute atomic E-state index is 11.7. The number of nitrogens with two attached hydrogens (primary N) is 1. The normalized spacial score (nSPS) is 10.9. The summed E-state index contributed by atoms with van der Waals surface area (Å²) in [5.41, 5.74) is 9.08. The number of nitrogens with one attached hydrogen (secondary N) is 1. The number of nitriles is 1. The number of aryl methyl sites for hydroxylation is 1. The molecule has 1 aromatic carbocycles. The van der Waals surface area contributed by atoms with Gasteiger partial charge in [0.25, 0.3) is 0 Å². The van der Waals surface area contributed by atoms with Crippen molar-refractivity contribution in [1.82, 2.24) is 4.98 Å². The third-order valence-electron chi connectivity index (χ3n) is 4.11. The molecule has 1 heterocycles. The lowest BCUT2D eigenvalue weighted by Gasteiger charge is -2.19. The molecule has 29 heavy (non-hydrogen) atoms. The van der Waals surface area contributed by atoms with Crippen LogP contribution < -0.4 is 15.8 Å². The molecule has 2 rings (SSSR count). The van der Waals surface area contributed by atoms with Crippen molar-refractivity contribution in [3.8, 4) is 23.1 Å². The number of esters is 1. The second kappa shape index (κ2) is 9.28. The number of ether oxygens (including phenoxy) is 2. The first-order valence-corrected chi connectivity index (χ1v) is 9.48. The van der Waals surface area contributed by atoms with Gasteiger partial charge in [0.05, 0.1) is 23.7 Å². The lowest BCUT2D eigenvalue weighted by Crippen LogP contribution is -2.23. The van der Waals surface area contributed by atoms with E-state index in [0.717, 1.165) is 16.9 Å². The zero-order valence-electron chi connectivity index (χ0n) is 17.6. The van der Waals surface area contributed by atoms with E-state index in [-0.39, 0.29) is 11.7 Å². The number of carbonyl (C=O) groups excluding carboxylic acids is 1. The lowest BCUT2D eigenvalue weighted by molar-refractivity contribution is -0.155. The Morgan fingerprint density at radius 3 is 2.62 bits per heavy atom. The van der Waals surface area contributed by atoms with Gasteiger partial charge in [-0.2, -0.15) is 5.26 Å². The molecule has 0 aliphatic heterocycles. The molecule has 0 radical (unpaired) electrons. The summed E-state index contributed by atoms with van der Waals surface area (Å²) in [6.45, 7) is 7.90. The van der Waals surface area contributed by atoms with Crippen LogP contribution in [0.4, 0.5) is 11.4 Å². The Morgan fingerprint density at radius 2 is 2.03 bits per heavy atom. The van der Waals surface area contributed by atoms with E-state index in [1.54, 1.807) is 7.05 Å². The molecule has 0 fully saturated rings. The third kappa shape index (κ3) is 6.11. The maximum Gasteiger partial charge on any atom is 0.306 e. The molecule has 0 spiro atoms. The monoisotopic (exact) mass is 396 g/mol. The number of benzene rings is 1. The first kappa shape index (κ1) is 22.0. The van der Waals surface area contributed by atoms with E-state index < -0.39 is 5.60 Å². The zero-order valence-corrected chi connectivity index (χ0v) is 17.6. The van der Waals surface area contributed by atoms with Crippen LogP contribution in [0.3, 0.4) is 0 Å². The van der Waals surface area contributed by atoms with Crippen molar-refractivity contribution in [2.75, 3.05) is 24.7 Å². The van der Waals surface area contributed by atoms with Crippen LogP contribution in [0.15, 0.2) is 24.3 Å². The standard InChI is InChI=1S/C22H28N4O3/c1-14-11-15(16-12-17(25-5)21(24)18(13-23)26-16)8-9-19(14)28-10-6-7-20(27)29-22(2,3)4/h8-9,11-12H,6-7,10,24H2,1-5H3,(H,25,26). The first-order chi connectivity index (χ1) is 13.6. The van der Waals surface area contributed by atoms with Crippen molar-refractivity contribution in [2.24, 2.45) is 0 Å². The number of rotatable bonds is 7. The van der Waals surface area contributed by atoms with Gasteiger partial charge in [0.2, 0.25) is 0 Å². The summed E-state index contributed by atoms with van der Waals surface area (Å²) in [6.07, 6.45) is 0.889. The highest BCUT2D eigenvalue weighted by molar-refractivity contribution is 5.77. The number of carbonyl (C=O) groups is 1. The minimum absolute atomic E-state index is 0.187. The highest BCUT2D eigenvalue weighted by Crippen LogP contribution is 2.30. The van der Waals surface area contributed by atoms with Gasteiger partial charge in [-0.15, -0.1) is 0 Å². The number of anilines is 2. The summed E-state index contributed by atoms with van der Waals surface area (Å²) in [5.74, 6) is 0.513. The smallest absolute Gasteiger partial charge is 0.306 e. The highest BCUT2D eigenvalue weighted by Gasteiger charge is 2.16. The van der Waals surface area contributed by atoms with E-state index in [4.69, 9.17) is 15.2 Å². The predicted molar refractivity (Wildman–Crippen MR) is 114 cm³/mol. The van der Waals surface area contributed by atoms with Crippen LogP contribution >= 0.6 is 0 Å². The van der Waals surface area contributed by atoms with Gasteiger partial charge in [0.1, 0.15) is 17.4 Å². The Morgan fingerprint density at radius 1 is 1.31 bits per heavy atom. The number of hydrogen-bond donors (Lipinski definition) is 2. The van der Waals surface area contributed by atoms with Crippen LogP contribution in [0.25, 0.3) is 11.3 Å². The molecule has 0 saturated heterocycles. The Hall–Kier alpha value is -3.27. The van der Waals surface area contributed by atoms with E-state index in [2.05, 4.69) is 10.3 Å². The van der Waals surface area contributed by atoms with Gasteiger partial charge >= 0.3 is 5.97 Å². The van der Waals surface area contributed by atoms with Gasteiger partial charge in [-0.25, -0.2) is 4.98 Å². The summed E-state index contributed by atoms with van der Waals surface area (Å²) < 4.78 is 11.1. The predicted octanol–water partition coefficient (Wildman–Crippen LogP) is 4.05. The summed E-state index contributed by atoms with van der Waals surface area (Å²) >= 11 is 0. The molecule has 0 unspecified atom stereocenters. The maximum atomic E-state index is 11.7. The Kier molecular flexibility index (Phi) is 7.05. The van der Waals surface area contributed by atoms with E-state index in [0.29, 0.717) is 36.5 Å². The van der Waals surface area contributed by atoms with Crippen LogP contribution in [0.2, 0.25) is 0 Å². The van der Waals surface area contributed by atoms with Crippen LogP contribution in [0.1, 0.15) is 44.9 Å². The van der Waals surface area contributed by atoms with Gasteiger partial charge in [-0.3, -0.25) is 4.79 Å². The van der Waals surface area contributed by atoms with Crippen molar-refractivity contribution >= 4 is 17.3 Å². The SMILES string of the molecule is CNc1cc(-c2ccc(OCCCC(=O)OC(C)(C)C)c(C)c2)nc(C#N)c1N. The van der Waals surface area contributed by atoms with E-state index in [1.807, 2.05) is 58.0 Å². The first-order valence-electron chi connectivity index (χ1n) is 9.48. The zero-order chi connectivity index (χ0) is 21.6. The molecule has 0 bridgehead atoms. The van der Waals surface area contributed by atoms with Crippen LogP contribution in [-0.4, -0.2) is 30.2 Å². The molecule has 7 nitrogen and oxygen atoms in total. The molecule has 0 amide bonds. The fourth-order valence-electron chi connectivity index (χ4n) is 2.76. The Balaban J connectivity index is 2.04. The third-order valence-corrected chi connectivity index (χ3v) is 4.11. The van der Waals surface area contributed by atoms with Gasteiger partial charge in [0, 0.05) is 19.0 Å². The van der Waals surface area contributed by atoms with Gasteiger partial charge < -0.3 is 20.5 Å². The summed E-state index contributed by atoms with van der Waals surface area (Å²) in [6, 6.07) is 9.53. The second-order valence-electron chi connectivity index (χ2n) is 7.70. The summed E-state index contributed by atoms with van der Waals surface area (Å²) in [4.78, 5) is 16.1. The van der Waals surface area contributed by atoms with Crippen LogP contribution in [0, 0.1) is 18.3 Å². The van der Waals surface area contributed by atoms with Gasteiger partial charge in [0.15, 0.2) is 5.69 Å². The molecule has 0 aliphatic carbocycles. The fourth-order valence-corrected chi connectivity index (χ4v) is 2.76. The molecule has 2 aromatic rings. The average molecular weight is 396 g/mol. The van der Waals surface area contributed by atoms with Crippen molar-refractivity contribution in [3.63, 3.8) is 0 Å². The Bertz CT molecular complexity index is 927. The molecular formula is C22H28N4O3. The van der Waals surface area contributed by atoms with Crippen molar-refractivity contribution in [2.45, 2.75) is 46.1 Å². The molecular weight excluding hydrogens is 368 g/mol. The van der Waals surface area contributed by atoms with Crippen LogP contribution in [0.5, 0.6) is 5.75 Å². The minimum Gasteiger partial charge on any atom is -0.493 e. The van der Waals surface area contributed by atoms with Gasteiger partial charge in [-0.1, -0.05) is 0 Å². The largest absolute Gasteiger partial charge is 0.493 e. The molecule has 7 heteroatoms. The number of nitrogens with zero attached hydrogens (tertiary/aromatic N) is 2. The number of hydrogen-bond acceptors (Lipinski definition) is 7.